The number of likely N-dealkylation sites (tertiary alicyclic amines) is 1. The Morgan fingerprint density at radius 1 is 0.970 bits per heavy atom. The third-order valence-corrected chi connectivity index (χ3v) is 6.64. The van der Waals surface area contributed by atoms with E-state index in [4.69, 9.17) is 9.47 Å². The summed E-state index contributed by atoms with van der Waals surface area (Å²) in [5.74, 6) is 0.812. The van der Waals surface area contributed by atoms with Crippen molar-refractivity contribution in [2.75, 3.05) is 40.5 Å². The first-order valence-electron chi connectivity index (χ1n) is 11.2. The summed E-state index contributed by atoms with van der Waals surface area (Å²) in [6, 6.07) is 14.4. The largest absolute Gasteiger partial charge is 0.508 e. The summed E-state index contributed by atoms with van der Waals surface area (Å²) in [6.45, 7) is 3.13. The number of benzene rings is 2. The van der Waals surface area contributed by atoms with Crippen molar-refractivity contribution in [3.05, 3.63) is 59.7 Å². The maximum absolute atomic E-state index is 13.7. The summed E-state index contributed by atoms with van der Waals surface area (Å²) >= 11 is 0. The Morgan fingerprint density at radius 3 is 2.36 bits per heavy atom. The lowest BCUT2D eigenvalue weighted by atomic mass is 9.85. The maximum Gasteiger partial charge on any atom is 0.328 e. The van der Waals surface area contributed by atoms with Crippen molar-refractivity contribution >= 4 is 11.9 Å². The summed E-state index contributed by atoms with van der Waals surface area (Å²) in [5.41, 5.74) is 1.12. The lowest BCUT2D eigenvalue weighted by Gasteiger charge is -2.42. The van der Waals surface area contributed by atoms with E-state index in [1.165, 1.54) is 4.90 Å². The average molecular weight is 454 g/mol. The van der Waals surface area contributed by atoms with Gasteiger partial charge >= 0.3 is 6.03 Å². The van der Waals surface area contributed by atoms with Crippen LogP contribution in [-0.2, 0) is 22.6 Å². The number of methoxy groups -OCH3 is 2. The Labute approximate surface area is 194 Å². The molecule has 2 aliphatic heterocycles. The number of nitrogens with zero attached hydrogens (tertiary/aromatic N) is 3. The number of phenols is 1. The Balaban J connectivity index is 1.50. The molecule has 2 fully saturated rings. The molecule has 8 heteroatoms. The number of carbonyl (C=O) groups is 2. The highest BCUT2D eigenvalue weighted by Gasteiger charge is 2.57. The van der Waals surface area contributed by atoms with E-state index in [1.54, 1.807) is 31.3 Å². The number of carbonyl (C=O) groups excluding carboxylic acids is 2. The number of phenolic OH excluding ortho intramolecular Hbond substituents is 1. The number of amides is 3. The summed E-state index contributed by atoms with van der Waals surface area (Å²) in [7, 11) is 3.20. The number of urea groups is 1. The van der Waals surface area contributed by atoms with Gasteiger partial charge in [0, 0.05) is 33.3 Å². The fourth-order valence-corrected chi connectivity index (χ4v) is 4.79. The van der Waals surface area contributed by atoms with Gasteiger partial charge in [-0.05, 0) is 48.2 Å². The van der Waals surface area contributed by atoms with E-state index in [9.17, 15) is 14.7 Å². The van der Waals surface area contributed by atoms with Gasteiger partial charge in [-0.1, -0.05) is 24.3 Å². The number of hydrogen-bond donors (Lipinski definition) is 1. The van der Waals surface area contributed by atoms with Crippen LogP contribution in [0.15, 0.2) is 48.5 Å². The van der Waals surface area contributed by atoms with Crippen molar-refractivity contribution in [3.63, 3.8) is 0 Å². The van der Waals surface area contributed by atoms with Crippen LogP contribution < -0.4 is 4.74 Å². The minimum Gasteiger partial charge on any atom is -0.508 e. The van der Waals surface area contributed by atoms with Gasteiger partial charge < -0.3 is 19.5 Å². The molecule has 3 amide bonds. The number of aromatic hydroxyl groups is 1. The monoisotopic (exact) mass is 453 g/mol. The Hall–Kier alpha value is -3.10. The van der Waals surface area contributed by atoms with E-state index in [0.717, 1.165) is 17.7 Å². The molecule has 2 saturated heterocycles. The second-order valence-electron chi connectivity index (χ2n) is 8.64. The fraction of sp³-hybridized carbons (Fsp3) is 0.440. The van der Waals surface area contributed by atoms with E-state index in [0.29, 0.717) is 44.8 Å². The van der Waals surface area contributed by atoms with Gasteiger partial charge in [0.05, 0.1) is 20.3 Å². The molecule has 33 heavy (non-hydrogen) atoms. The first kappa shape index (κ1) is 23.1. The molecule has 0 aromatic heterocycles. The second-order valence-corrected chi connectivity index (χ2v) is 8.64. The van der Waals surface area contributed by atoms with Gasteiger partial charge in [-0.25, -0.2) is 4.79 Å². The smallest absolute Gasteiger partial charge is 0.328 e. The van der Waals surface area contributed by atoms with Crippen LogP contribution in [0.1, 0.15) is 24.0 Å². The second kappa shape index (κ2) is 9.80. The molecule has 176 valence electrons. The Kier molecular flexibility index (Phi) is 6.85. The third kappa shape index (κ3) is 4.67. The minimum absolute atomic E-state index is 0.129. The van der Waals surface area contributed by atoms with Gasteiger partial charge in [0.1, 0.15) is 17.0 Å². The quantitative estimate of drug-likeness (QED) is 0.619. The van der Waals surface area contributed by atoms with Crippen molar-refractivity contribution in [1.82, 2.24) is 14.7 Å². The first-order valence-corrected chi connectivity index (χ1v) is 11.2. The predicted molar refractivity (Wildman–Crippen MR) is 123 cm³/mol. The summed E-state index contributed by atoms with van der Waals surface area (Å²) < 4.78 is 10.5. The molecule has 2 aromatic rings. The van der Waals surface area contributed by atoms with Crippen LogP contribution >= 0.6 is 0 Å². The van der Waals surface area contributed by atoms with Gasteiger partial charge in [-0.2, -0.15) is 0 Å². The Bertz CT molecular complexity index is 986. The normalized spacial score (nSPS) is 18.4. The van der Waals surface area contributed by atoms with Crippen molar-refractivity contribution < 1.29 is 24.2 Å². The van der Waals surface area contributed by atoms with Gasteiger partial charge in [0.2, 0.25) is 0 Å². The van der Waals surface area contributed by atoms with Crippen LogP contribution in [0, 0.1) is 0 Å². The Morgan fingerprint density at radius 2 is 1.70 bits per heavy atom. The van der Waals surface area contributed by atoms with E-state index < -0.39 is 5.54 Å². The zero-order valence-electron chi connectivity index (χ0n) is 19.2. The molecule has 0 unspecified atom stereocenters. The van der Waals surface area contributed by atoms with Crippen LogP contribution in [0.5, 0.6) is 11.5 Å². The van der Waals surface area contributed by atoms with Gasteiger partial charge in [-0.15, -0.1) is 0 Å². The number of hydrogen-bond acceptors (Lipinski definition) is 6. The lowest BCUT2D eigenvalue weighted by molar-refractivity contribution is -0.136. The minimum atomic E-state index is -0.833. The highest BCUT2D eigenvalue weighted by molar-refractivity contribution is 6.07. The standard InChI is InChI=1S/C25H31N3O5/c1-32-15-14-28-24(31)27(18-20-4-3-5-22(16-20)33-2)23(30)25(28)10-12-26(13-11-25)17-19-6-8-21(29)9-7-19/h3-9,16,29H,10-15,17-18H2,1-2H3. The van der Waals surface area contributed by atoms with E-state index in [-0.39, 0.29) is 24.2 Å². The molecule has 0 bridgehead atoms. The van der Waals surface area contributed by atoms with Crippen LogP contribution in [0.4, 0.5) is 4.79 Å². The van der Waals surface area contributed by atoms with E-state index in [2.05, 4.69) is 4.90 Å². The summed E-state index contributed by atoms with van der Waals surface area (Å²) in [5, 5.41) is 9.51. The van der Waals surface area contributed by atoms with Crippen LogP contribution in [-0.4, -0.2) is 77.7 Å². The molecule has 1 N–H and O–H groups in total. The van der Waals surface area contributed by atoms with Gasteiger partial charge in [0.15, 0.2) is 0 Å². The van der Waals surface area contributed by atoms with Crippen LogP contribution in [0.3, 0.4) is 0 Å². The molecule has 8 nitrogen and oxygen atoms in total. The first-order chi connectivity index (χ1) is 16.0. The summed E-state index contributed by atoms with van der Waals surface area (Å²) in [4.78, 5) is 32.4. The molecule has 0 radical (unpaired) electrons. The van der Waals surface area contributed by atoms with E-state index in [1.807, 2.05) is 36.4 Å². The number of ether oxygens (including phenoxy) is 2. The highest BCUT2D eigenvalue weighted by Crippen LogP contribution is 2.38. The molecule has 0 atom stereocenters. The third-order valence-electron chi connectivity index (χ3n) is 6.64. The summed E-state index contributed by atoms with van der Waals surface area (Å²) in [6.07, 6.45) is 1.15. The molecular weight excluding hydrogens is 422 g/mol. The zero-order valence-corrected chi connectivity index (χ0v) is 19.2. The molecule has 2 aromatic carbocycles. The van der Waals surface area contributed by atoms with Crippen molar-refractivity contribution in [2.24, 2.45) is 0 Å². The zero-order chi connectivity index (χ0) is 23.4. The lowest BCUT2D eigenvalue weighted by Crippen LogP contribution is -2.57. The van der Waals surface area contributed by atoms with Gasteiger partial charge in [0.25, 0.3) is 5.91 Å². The van der Waals surface area contributed by atoms with Crippen molar-refractivity contribution in [2.45, 2.75) is 31.5 Å². The van der Waals surface area contributed by atoms with Gasteiger partial charge in [-0.3, -0.25) is 14.6 Å². The number of rotatable bonds is 8. The molecule has 2 heterocycles. The van der Waals surface area contributed by atoms with Crippen LogP contribution in [0.2, 0.25) is 0 Å². The maximum atomic E-state index is 13.7. The SMILES string of the molecule is COCCN1C(=O)N(Cc2cccc(OC)c2)C(=O)C12CCN(Cc1ccc(O)cc1)CC2. The van der Waals surface area contributed by atoms with Crippen molar-refractivity contribution in [1.29, 1.82) is 0 Å². The topological polar surface area (TPSA) is 82.6 Å². The number of piperidine rings is 1. The highest BCUT2D eigenvalue weighted by atomic mass is 16.5. The predicted octanol–water partition coefficient (Wildman–Crippen LogP) is 2.85. The molecule has 0 saturated carbocycles. The van der Waals surface area contributed by atoms with Crippen molar-refractivity contribution in [3.8, 4) is 11.5 Å². The average Bonchev–Trinajstić information content (AvgIpc) is 3.02. The molecule has 0 aliphatic carbocycles. The molecule has 4 rings (SSSR count). The molecular formula is C25H31N3O5. The molecule has 2 aliphatic rings. The van der Waals surface area contributed by atoms with E-state index >= 15 is 0 Å². The number of imide groups is 1. The van der Waals surface area contributed by atoms with Crippen LogP contribution in [0.25, 0.3) is 0 Å². The molecule has 1 spiro atoms. The fourth-order valence-electron chi connectivity index (χ4n) is 4.79.